The lowest BCUT2D eigenvalue weighted by molar-refractivity contribution is -0.923. The van der Waals surface area contributed by atoms with Crippen LogP contribution < -0.4 is 17.1 Å². The molecule has 186 valence electrons. The Bertz CT molecular complexity index is 1080. The molecule has 0 spiro atoms. The zero-order valence-corrected chi connectivity index (χ0v) is 25.5. The van der Waals surface area contributed by atoms with Crippen LogP contribution in [0.4, 0.5) is 0 Å². The Morgan fingerprint density at radius 3 is 2.21 bits per heavy atom. The Morgan fingerprint density at radius 1 is 1.00 bits per heavy atom. The summed E-state index contributed by atoms with van der Waals surface area (Å²) in [7, 11) is 0. The van der Waals surface area contributed by atoms with E-state index in [1.165, 1.54) is 0 Å². The predicted octanol–water partition coefficient (Wildman–Crippen LogP) is 4.47. The van der Waals surface area contributed by atoms with Gasteiger partial charge >= 0.3 is 0 Å². The van der Waals surface area contributed by atoms with E-state index in [1.807, 2.05) is 36.4 Å². The van der Waals surface area contributed by atoms with E-state index in [9.17, 15) is 4.79 Å². The molecule has 0 saturated carbocycles. The highest BCUT2D eigenvalue weighted by atomic mass is 127. The number of ketones is 1. The number of unbranched alkanes of at least 4 members (excludes halogenated alkanes) is 1. The minimum Gasteiger partial charge on any atom is -1.00 e. The summed E-state index contributed by atoms with van der Waals surface area (Å²) >= 11 is 4.58. The Hall–Kier alpha value is -0.840. The fraction of sp³-hybridized carbons (Fsp3) is 0.444. The van der Waals surface area contributed by atoms with Crippen LogP contribution in [0.1, 0.15) is 62.2 Å². The zero-order chi connectivity index (χ0) is 24.0. The number of furan rings is 1. The molecule has 0 aliphatic heterocycles. The van der Waals surface area contributed by atoms with Crippen LogP contribution >= 0.6 is 45.2 Å². The highest BCUT2D eigenvalue weighted by Gasteiger charge is 2.24. The molecule has 3 aromatic rings. The molecule has 0 atom stereocenters. The summed E-state index contributed by atoms with van der Waals surface area (Å²) in [6, 6.07) is 11.7. The fourth-order valence-electron chi connectivity index (χ4n) is 4.32. The lowest BCUT2D eigenvalue weighted by Gasteiger charge is -2.35. The Balaban J connectivity index is 0.00000408. The number of quaternary nitrogens is 1. The van der Waals surface area contributed by atoms with Gasteiger partial charge in [0.05, 0.1) is 32.3 Å². The number of benzene rings is 2. The van der Waals surface area contributed by atoms with Gasteiger partial charge in [-0.15, -0.1) is 0 Å². The van der Waals surface area contributed by atoms with Crippen LogP contribution in [0.5, 0.6) is 5.75 Å². The first-order valence-electron chi connectivity index (χ1n) is 11.9. The highest BCUT2D eigenvalue weighted by Crippen LogP contribution is 2.33. The van der Waals surface area contributed by atoms with Gasteiger partial charge in [-0.05, 0) is 90.6 Å². The van der Waals surface area contributed by atoms with Crippen LogP contribution in [0.25, 0.3) is 11.0 Å². The third-order valence-corrected chi connectivity index (χ3v) is 8.34. The van der Waals surface area contributed by atoms with Crippen molar-refractivity contribution in [2.45, 2.75) is 47.0 Å². The molecule has 0 N–H and O–H groups in total. The molecule has 2 aromatic carbocycles. The third-order valence-electron chi connectivity index (χ3n) is 6.74. The third kappa shape index (κ3) is 6.48. The van der Waals surface area contributed by atoms with Crippen molar-refractivity contribution in [3.8, 4) is 5.75 Å². The number of para-hydroxylation sites is 1. The Morgan fingerprint density at radius 2 is 1.62 bits per heavy atom. The number of carbonyl (C=O) groups is 1. The lowest BCUT2D eigenvalue weighted by atomic mass is 9.98. The van der Waals surface area contributed by atoms with Crippen molar-refractivity contribution >= 4 is 61.9 Å². The highest BCUT2D eigenvalue weighted by molar-refractivity contribution is 14.1. The van der Waals surface area contributed by atoms with Gasteiger partial charge in [0.1, 0.15) is 30.2 Å². The first kappa shape index (κ1) is 29.4. The maximum atomic E-state index is 13.7. The molecular weight excluding hydrogens is 676 g/mol. The Kier molecular flexibility index (Phi) is 11.6. The summed E-state index contributed by atoms with van der Waals surface area (Å²) in [6.07, 6.45) is 2.82. The normalized spacial score (nSPS) is 11.5. The van der Waals surface area contributed by atoms with Gasteiger partial charge in [0, 0.05) is 17.4 Å². The van der Waals surface area contributed by atoms with Gasteiger partial charge < -0.3 is 26.0 Å². The van der Waals surface area contributed by atoms with Gasteiger partial charge in [-0.25, -0.2) is 0 Å². The number of hydrogen-bond acceptors (Lipinski definition) is 3. The summed E-state index contributed by atoms with van der Waals surface area (Å²) < 4.78 is 15.3. The van der Waals surface area contributed by atoms with E-state index >= 15 is 0 Å². The Labute approximate surface area is 237 Å². The van der Waals surface area contributed by atoms with Crippen molar-refractivity contribution < 1.29 is 30.8 Å². The number of hydrogen-bond donors (Lipinski definition) is 0. The number of likely N-dealkylation sites (N-methyl/N-ethyl adjacent to an activating group) is 1. The van der Waals surface area contributed by atoms with Crippen molar-refractivity contribution in [3.63, 3.8) is 0 Å². The van der Waals surface area contributed by atoms with Crippen LogP contribution in [0.15, 0.2) is 40.8 Å². The van der Waals surface area contributed by atoms with Crippen molar-refractivity contribution in [1.82, 2.24) is 0 Å². The van der Waals surface area contributed by atoms with Crippen LogP contribution in [0.3, 0.4) is 0 Å². The average molecular weight is 710 g/mol. The maximum absolute atomic E-state index is 13.7. The number of aryl methyl sites for hydroxylation is 1. The molecule has 7 heteroatoms. The molecular formula is C27H34ClI2NO3. The zero-order valence-electron chi connectivity index (χ0n) is 20.4. The smallest absolute Gasteiger partial charge is 0.197 e. The second-order valence-corrected chi connectivity index (χ2v) is 10.8. The summed E-state index contributed by atoms with van der Waals surface area (Å²) in [4.78, 5) is 13.7. The van der Waals surface area contributed by atoms with E-state index in [0.29, 0.717) is 17.7 Å². The molecule has 0 bridgehead atoms. The van der Waals surface area contributed by atoms with Crippen LogP contribution in [0.2, 0.25) is 0 Å². The number of carbonyl (C=O) groups excluding carboxylic acids is 1. The number of ether oxygens (including phenoxy) is 1. The van der Waals surface area contributed by atoms with E-state index in [4.69, 9.17) is 9.15 Å². The van der Waals surface area contributed by atoms with E-state index < -0.39 is 0 Å². The monoisotopic (exact) mass is 709 g/mol. The molecule has 4 nitrogen and oxygen atoms in total. The van der Waals surface area contributed by atoms with Gasteiger partial charge in [-0.2, -0.15) is 0 Å². The summed E-state index contributed by atoms with van der Waals surface area (Å²) in [5, 5.41) is 0.895. The van der Waals surface area contributed by atoms with Gasteiger partial charge in [0.25, 0.3) is 0 Å². The molecule has 1 aromatic heterocycles. The quantitative estimate of drug-likeness (QED) is 0.158. The molecule has 3 rings (SSSR count). The van der Waals surface area contributed by atoms with E-state index in [1.54, 1.807) is 0 Å². The van der Waals surface area contributed by atoms with Crippen LogP contribution in [-0.4, -0.2) is 43.1 Å². The van der Waals surface area contributed by atoms with Crippen LogP contribution in [-0.2, 0) is 6.42 Å². The van der Waals surface area contributed by atoms with E-state index in [0.717, 1.165) is 79.5 Å². The SMILES string of the molecule is CCCCc1oc2ccccc2c1C(=O)c1cc(I)c(OCC[N+](CC)(CC)CC)c(I)c1.[Cl-]. The van der Waals surface area contributed by atoms with Gasteiger partial charge in [0.15, 0.2) is 5.78 Å². The first-order valence-corrected chi connectivity index (χ1v) is 14.1. The predicted molar refractivity (Wildman–Crippen MR) is 152 cm³/mol. The first-order chi connectivity index (χ1) is 15.9. The van der Waals surface area contributed by atoms with Crippen molar-refractivity contribution in [1.29, 1.82) is 0 Å². The topological polar surface area (TPSA) is 39.4 Å². The van der Waals surface area contributed by atoms with Crippen molar-refractivity contribution in [3.05, 3.63) is 60.4 Å². The summed E-state index contributed by atoms with van der Waals surface area (Å²) in [5.41, 5.74) is 2.16. The minimum atomic E-state index is 0. The lowest BCUT2D eigenvalue weighted by Crippen LogP contribution is -3.00. The largest absolute Gasteiger partial charge is 1.00 e. The number of rotatable bonds is 12. The van der Waals surface area contributed by atoms with Crippen LogP contribution in [0, 0.1) is 7.14 Å². The standard InChI is InChI=1S/C27H34I2NO3.ClH/c1-5-9-13-24-25(20-12-10-11-14-23(20)33-24)26(31)19-17-21(28)27(22(29)18-19)32-16-15-30(6-2,7-3)8-4;/h10-12,14,17-18H,5-9,13,15-16H2,1-4H3;1H/q+1;/p-1. The summed E-state index contributed by atoms with van der Waals surface area (Å²) in [6.45, 7) is 13.9. The van der Waals surface area contributed by atoms with Crippen molar-refractivity contribution in [2.24, 2.45) is 0 Å². The molecule has 0 amide bonds. The molecule has 1 heterocycles. The minimum absolute atomic E-state index is 0. The molecule has 0 unspecified atom stereocenters. The van der Waals surface area contributed by atoms with Crippen molar-refractivity contribution in [2.75, 3.05) is 32.8 Å². The molecule has 0 aliphatic rings. The average Bonchev–Trinajstić information content (AvgIpc) is 3.20. The fourth-order valence-corrected chi connectivity index (χ4v) is 6.40. The van der Waals surface area contributed by atoms with E-state index in [2.05, 4.69) is 72.9 Å². The second kappa shape index (κ2) is 13.5. The van der Waals surface area contributed by atoms with Gasteiger partial charge in [-0.3, -0.25) is 4.79 Å². The molecule has 0 aliphatic carbocycles. The molecule has 0 saturated heterocycles. The molecule has 0 radical (unpaired) electrons. The van der Waals surface area contributed by atoms with Gasteiger partial charge in [0.2, 0.25) is 0 Å². The second-order valence-electron chi connectivity index (χ2n) is 8.46. The number of fused-ring (bicyclic) bond motifs is 1. The number of halogens is 3. The maximum Gasteiger partial charge on any atom is 0.197 e. The van der Waals surface area contributed by atoms with E-state index in [-0.39, 0.29) is 18.2 Å². The number of nitrogens with zero attached hydrogens (tertiary/aromatic N) is 1. The molecule has 0 fully saturated rings. The molecule has 34 heavy (non-hydrogen) atoms. The van der Waals surface area contributed by atoms with Gasteiger partial charge in [-0.1, -0.05) is 31.5 Å². The summed E-state index contributed by atoms with van der Waals surface area (Å²) in [5.74, 6) is 1.69.